The summed E-state index contributed by atoms with van der Waals surface area (Å²) in [7, 11) is 1.58. The van der Waals surface area contributed by atoms with Gasteiger partial charge in [-0.1, -0.05) is 12.1 Å². The number of amides is 1. The molecule has 0 atom stereocenters. The molecule has 1 N–H and O–H groups in total. The largest absolute Gasteiger partial charge is 0.493 e. The zero-order valence-electron chi connectivity index (χ0n) is 12.6. The molecular formula is C17H18FNO3. The Morgan fingerprint density at radius 1 is 1.18 bits per heavy atom. The van der Waals surface area contributed by atoms with Gasteiger partial charge in [-0.15, -0.1) is 0 Å². The topological polar surface area (TPSA) is 47.6 Å². The number of carbonyl (C=O) groups excluding carboxylic acids is 1. The van der Waals surface area contributed by atoms with Crippen LogP contribution < -0.4 is 14.8 Å². The maximum atomic E-state index is 13.0. The van der Waals surface area contributed by atoms with Crippen molar-refractivity contribution in [1.82, 2.24) is 5.32 Å². The molecule has 0 aliphatic carbocycles. The Morgan fingerprint density at radius 2 is 2.00 bits per heavy atom. The average molecular weight is 303 g/mol. The Bertz CT molecular complexity index is 658. The van der Waals surface area contributed by atoms with Gasteiger partial charge in [0.1, 0.15) is 12.4 Å². The van der Waals surface area contributed by atoms with E-state index in [1.807, 2.05) is 25.1 Å². The predicted octanol–water partition coefficient (Wildman–Crippen LogP) is 2.95. The molecule has 116 valence electrons. The second kappa shape index (κ2) is 7.45. The van der Waals surface area contributed by atoms with E-state index in [0.717, 1.165) is 5.56 Å². The third-order valence-corrected chi connectivity index (χ3v) is 3.05. The van der Waals surface area contributed by atoms with Crippen molar-refractivity contribution in [2.45, 2.75) is 6.92 Å². The standard InChI is InChI=1S/C17H18FNO3/c1-12-6-7-15(16(10-12)21-2)22-9-8-19-17(20)13-4-3-5-14(18)11-13/h3-7,10-11H,8-9H2,1-2H3,(H,19,20). The summed E-state index contributed by atoms with van der Waals surface area (Å²) in [5.41, 5.74) is 1.36. The number of benzene rings is 2. The van der Waals surface area contributed by atoms with Gasteiger partial charge < -0.3 is 14.8 Å². The fourth-order valence-electron chi connectivity index (χ4n) is 1.95. The normalized spacial score (nSPS) is 10.1. The molecule has 2 rings (SSSR count). The number of rotatable bonds is 6. The lowest BCUT2D eigenvalue weighted by Gasteiger charge is -2.11. The average Bonchev–Trinajstić information content (AvgIpc) is 2.52. The third kappa shape index (κ3) is 4.22. The number of halogens is 1. The van der Waals surface area contributed by atoms with Crippen LogP contribution in [-0.4, -0.2) is 26.2 Å². The molecule has 0 fully saturated rings. The molecule has 5 heteroatoms. The van der Waals surface area contributed by atoms with E-state index in [4.69, 9.17) is 9.47 Å². The van der Waals surface area contributed by atoms with Crippen molar-refractivity contribution >= 4 is 5.91 Å². The molecule has 0 heterocycles. The molecule has 4 nitrogen and oxygen atoms in total. The summed E-state index contributed by atoms with van der Waals surface area (Å²) in [6.07, 6.45) is 0. The summed E-state index contributed by atoms with van der Waals surface area (Å²) in [6.45, 7) is 2.57. The van der Waals surface area contributed by atoms with Crippen LogP contribution in [0.3, 0.4) is 0 Å². The third-order valence-electron chi connectivity index (χ3n) is 3.05. The molecule has 2 aromatic carbocycles. The van der Waals surface area contributed by atoms with E-state index < -0.39 is 5.82 Å². The van der Waals surface area contributed by atoms with Crippen molar-refractivity contribution in [3.63, 3.8) is 0 Å². The van der Waals surface area contributed by atoms with Crippen molar-refractivity contribution < 1.29 is 18.7 Å². The first kappa shape index (κ1) is 15.8. The maximum absolute atomic E-state index is 13.0. The van der Waals surface area contributed by atoms with Crippen LogP contribution in [0.2, 0.25) is 0 Å². The van der Waals surface area contributed by atoms with E-state index >= 15 is 0 Å². The fourth-order valence-corrected chi connectivity index (χ4v) is 1.95. The SMILES string of the molecule is COc1cc(C)ccc1OCCNC(=O)c1cccc(F)c1. The van der Waals surface area contributed by atoms with Gasteiger partial charge in [0.05, 0.1) is 13.7 Å². The van der Waals surface area contributed by atoms with Crippen LogP contribution >= 0.6 is 0 Å². The van der Waals surface area contributed by atoms with Gasteiger partial charge in [-0.2, -0.15) is 0 Å². The molecule has 0 saturated heterocycles. The molecule has 22 heavy (non-hydrogen) atoms. The van der Waals surface area contributed by atoms with Crippen molar-refractivity contribution in [1.29, 1.82) is 0 Å². The number of methoxy groups -OCH3 is 1. The number of aryl methyl sites for hydroxylation is 1. The van der Waals surface area contributed by atoms with Crippen LogP contribution in [0.15, 0.2) is 42.5 Å². The molecule has 0 aromatic heterocycles. The lowest BCUT2D eigenvalue weighted by Crippen LogP contribution is -2.28. The van der Waals surface area contributed by atoms with Gasteiger partial charge in [0.2, 0.25) is 0 Å². The Kier molecular flexibility index (Phi) is 5.36. The van der Waals surface area contributed by atoms with Crippen molar-refractivity contribution in [2.75, 3.05) is 20.3 Å². The summed E-state index contributed by atoms with van der Waals surface area (Å²) in [5.74, 6) is 0.497. The summed E-state index contributed by atoms with van der Waals surface area (Å²) < 4.78 is 23.8. The van der Waals surface area contributed by atoms with E-state index in [-0.39, 0.29) is 11.5 Å². The Morgan fingerprint density at radius 3 is 2.73 bits per heavy atom. The van der Waals surface area contributed by atoms with Gasteiger partial charge in [-0.05, 0) is 42.8 Å². The molecular weight excluding hydrogens is 285 g/mol. The van der Waals surface area contributed by atoms with E-state index in [1.165, 1.54) is 18.2 Å². The highest BCUT2D eigenvalue weighted by atomic mass is 19.1. The second-order valence-electron chi connectivity index (χ2n) is 4.77. The number of carbonyl (C=O) groups is 1. The van der Waals surface area contributed by atoms with Gasteiger partial charge in [-0.3, -0.25) is 4.79 Å². The monoisotopic (exact) mass is 303 g/mol. The summed E-state index contributed by atoms with van der Waals surface area (Å²) in [6, 6.07) is 11.2. The van der Waals surface area contributed by atoms with Crippen LogP contribution in [0.25, 0.3) is 0 Å². The highest BCUT2D eigenvalue weighted by Gasteiger charge is 2.07. The van der Waals surface area contributed by atoms with Crippen molar-refractivity contribution in [2.24, 2.45) is 0 Å². The van der Waals surface area contributed by atoms with Crippen LogP contribution in [0.1, 0.15) is 15.9 Å². The molecule has 0 aliphatic rings. The smallest absolute Gasteiger partial charge is 0.251 e. The predicted molar refractivity (Wildman–Crippen MR) is 82.0 cm³/mol. The molecule has 0 saturated carbocycles. The zero-order chi connectivity index (χ0) is 15.9. The fraction of sp³-hybridized carbons (Fsp3) is 0.235. The van der Waals surface area contributed by atoms with Crippen molar-refractivity contribution in [3.8, 4) is 11.5 Å². The first-order valence-electron chi connectivity index (χ1n) is 6.91. The maximum Gasteiger partial charge on any atom is 0.251 e. The van der Waals surface area contributed by atoms with Crippen LogP contribution in [0.4, 0.5) is 4.39 Å². The van der Waals surface area contributed by atoms with E-state index in [0.29, 0.717) is 24.7 Å². The molecule has 0 spiro atoms. The molecule has 0 radical (unpaired) electrons. The minimum Gasteiger partial charge on any atom is -0.493 e. The number of hydrogen-bond acceptors (Lipinski definition) is 3. The second-order valence-corrected chi connectivity index (χ2v) is 4.77. The highest BCUT2D eigenvalue weighted by Crippen LogP contribution is 2.27. The van der Waals surface area contributed by atoms with Gasteiger partial charge in [0.15, 0.2) is 11.5 Å². The van der Waals surface area contributed by atoms with Gasteiger partial charge in [-0.25, -0.2) is 4.39 Å². The molecule has 1 amide bonds. The lowest BCUT2D eigenvalue weighted by molar-refractivity contribution is 0.0946. The number of nitrogens with one attached hydrogen (secondary N) is 1. The Labute approximate surface area is 128 Å². The number of ether oxygens (including phenoxy) is 2. The minimum absolute atomic E-state index is 0.285. The Balaban J connectivity index is 1.83. The van der Waals surface area contributed by atoms with Gasteiger partial charge in [0, 0.05) is 5.56 Å². The highest BCUT2D eigenvalue weighted by molar-refractivity contribution is 5.94. The molecule has 2 aromatic rings. The van der Waals surface area contributed by atoms with E-state index in [2.05, 4.69) is 5.32 Å². The van der Waals surface area contributed by atoms with Gasteiger partial charge in [0.25, 0.3) is 5.91 Å². The van der Waals surface area contributed by atoms with E-state index in [9.17, 15) is 9.18 Å². The summed E-state index contributed by atoms with van der Waals surface area (Å²) in [5, 5.41) is 2.67. The van der Waals surface area contributed by atoms with Crippen LogP contribution in [0.5, 0.6) is 11.5 Å². The summed E-state index contributed by atoms with van der Waals surface area (Å²) >= 11 is 0. The molecule has 0 unspecified atom stereocenters. The zero-order valence-corrected chi connectivity index (χ0v) is 12.6. The first-order valence-corrected chi connectivity index (χ1v) is 6.91. The molecule has 0 aliphatic heterocycles. The van der Waals surface area contributed by atoms with Crippen LogP contribution in [0, 0.1) is 12.7 Å². The molecule has 0 bridgehead atoms. The number of hydrogen-bond donors (Lipinski definition) is 1. The summed E-state index contributed by atoms with van der Waals surface area (Å²) in [4.78, 5) is 11.8. The lowest BCUT2D eigenvalue weighted by atomic mass is 10.2. The van der Waals surface area contributed by atoms with E-state index in [1.54, 1.807) is 13.2 Å². The quantitative estimate of drug-likeness (QED) is 0.835. The van der Waals surface area contributed by atoms with Crippen molar-refractivity contribution in [3.05, 3.63) is 59.4 Å². The minimum atomic E-state index is -0.437. The van der Waals surface area contributed by atoms with Crippen LogP contribution in [-0.2, 0) is 0 Å². The first-order chi connectivity index (χ1) is 10.6. The van der Waals surface area contributed by atoms with Gasteiger partial charge >= 0.3 is 0 Å². The Hall–Kier alpha value is -2.56.